The molecule has 0 radical (unpaired) electrons. The Morgan fingerprint density at radius 3 is 2.68 bits per heavy atom. The quantitative estimate of drug-likeness (QED) is 0.805. The third kappa shape index (κ3) is 2.97. The first-order valence-corrected chi connectivity index (χ1v) is 6.64. The molecule has 0 unspecified atom stereocenters. The number of benzene rings is 1. The first-order chi connectivity index (χ1) is 9.13. The van der Waals surface area contributed by atoms with Crippen molar-refractivity contribution in [3.63, 3.8) is 0 Å². The number of thioether (sulfide) groups is 1. The van der Waals surface area contributed by atoms with E-state index in [-0.39, 0.29) is 6.61 Å². The van der Waals surface area contributed by atoms with Crippen LogP contribution in [0.25, 0.3) is 0 Å². The van der Waals surface area contributed by atoms with Gasteiger partial charge in [-0.25, -0.2) is 4.98 Å². The number of carbonyl (C=O) groups excluding carboxylic acids is 1. The first-order valence-electron chi connectivity index (χ1n) is 5.76. The first kappa shape index (κ1) is 13.6. The van der Waals surface area contributed by atoms with E-state index in [1.807, 2.05) is 30.3 Å². The van der Waals surface area contributed by atoms with Crippen molar-refractivity contribution in [2.24, 2.45) is 12.8 Å². The minimum absolute atomic E-state index is 0.0867. The number of nitrogens with zero attached hydrogens (tertiary/aromatic N) is 2. The molecule has 100 valence electrons. The van der Waals surface area contributed by atoms with E-state index in [0.29, 0.717) is 10.9 Å². The van der Waals surface area contributed by atoms with Crippen LogP contribution in [0.15, 0.2) is 41.7 Å². The number of aliphatic hydroxyl groups is 1. The molecule has 2 rings (SSSR count). The van der Waals surface area contributed by atoms with Gasteiger partial charge in [-0.1, -0.05) is 42.1 Å². The van der Waals surface area contributed by atoms with Crippen LogP contribution in [0.5, 0.6) is 0 Å². The second-order valence-electron chi connectivity index (χ2n) is 4.06. The highest BCUT2D eigenvalue weighted by Crippen LogP contribution is 2.34. The Labute approximate surface area is 115 Å². The third-order valence-electron chi connectivity index (χ3n) is 2.79. The van der Waals surface area contributed by atoms with Crippen LogP contribution in [-0.4, -0.2) is 20.6 Å². The summed E-state index contributed by atoms with van der Waals surface area (Å²) in [5.41, 5.74) is 6.99. The fourth-order valence-electron chi connectivity index (χ4n) is 1.71. The molecule has 1 aromatic carbocycles. The van der Waals surface area contributed by atoms with Gasteiger partial charge in [-0.05, 0) is 5.56 Å². The van der Waals surface area contributed by atoms with Crippen LogP contribution >= 0.6 is 11.8 Å². The van der Waals surface area contributed by atoms with Crippen molar-refractivity contribution < 1.29 is 9.90 Å². The monoisotopic (exact) mass is 277 g/mol. The van der Waals surface area contributed by atoms with E-state index in [0.717, 1.165) is 5.56 Å². The van der Waals surface area contributed by atoms with Crippen LogP contribution in [0.4, 0.5) is 0 Å². The number of carbonyl (C=O) groups is 1. The van der Waals surface area contributed by atoms with Gasteiger partial charge in [-0.2, -0.15) is 0 Å². The predicted molar refractivity (Wildman–Crippen MR) is 73.4 cm³/mol. The fraction of sp³-hybridized carbons (Fsp3) is 0.231. The molecule has 0 aliphatic heterocycles. The summed E-state index contributed by atoms with van der Waals surface area (Å²) in [6, 6.07) is 9.33. The molecule has 1 amide bonds. The molecule has 1 atom stereocenters. The van der Waals surface area contributed by atoms with E-state index in [9.17, 15) is 4.79 Å². The van der Waals surface area contributed by atoms with Gasteiger partial charge in [0.15, 0.2) is 5.16 Å². The average Bonchev–Trinajstić information content (AvgIpc) is 2.77. The Hall–Kier alpha value is -1.79. The summed E-state index contributed by atoms with van der Waals surface area (Å²) in [7, 11) is 1.80. The van der Waals surface area contributed by atoms with Crippen LogP contribution in [0.1, 0.15) is 16.5 Å². The SMILES string of the molecule is Cn1c(CO)cnc1S[C@@H](C(N)=O)c1ccccc1. The molecule has 6 heteroatoms. The van der Waals surface area contributed by atoms with Crippen molar-refractivity contribution in [1.29, 1.82) is 0 Å². The number of hydrogen-bond acceptors (Lipinski definition) is 4. The molecule has 0 spiro atoms. The second-order valence-corrected chi connectivity index (χ2v) is 5.13. The van der Waals surface area contributed by atoms with Crippen LogP contribution in [0.3, 0.4) is 0 Å². The Bertz CT molecular complexity index is 569. The van der Waals surface area contributed by atoms with Crippen LogP contribution < -0.4 is 5.73 Å². The number of imidazole rings is 1. The minimum Gasteiger partial charge on any atom is -0.390 e. The molecular weight excluding hydrogens is 262 g/mol. The van der Waals surface area contributed by atoms with Gasteiger partial charge in [-0.3, -0.25) is 4.79 Å². The summed E-state index contributed by atoms with van der Waals surface area (Å²) in [5, 5.41) is 9.29. The van der Waals surface area contributed by atoms with Crippen molar-refractivity contribution in [3.05, 3.63) is 47.8 Å². The molecule has 19 heavy (non-hydrogen) atoms. The highest BCUT2D eigenvalue weighted by molar-refractivity contribution is 8.00. The van der Waals surface area contributed by atoms with Gasteiger partial charge in [-0.15, -0.1) is 0 Å². The lowest BCUT2D eigenvalue weighted by Gasteiger charge is -2.13. The van der Waals surface area contributed by atoms with Crippen molar-refractivity contribution in [2.75, 3.05) is 0 Å². The molecule has 2 aromatic rings. The number of aliphatic hydroxyl groups excluding tert-OH is 1. The molecule has 1 aromatic heterocycles. The molecule has 3 N–H and O–H groups in total. The van der Waals surface area contributed by atoms with Crippen molar-refractivity contribution >= 4 is 17.7 Å². The summed E-state index contributed by atoms with van der Waals surface area (Å²) >= 11 is 1.28. The molecule has 0 saturated heterocycles. The Morgan fingerprint density at radius 2 is 2.16 bits per heavy atom. The molecule has 0 aliphatic rings. The lowest BCUT2D eigenvalue weighted by molar-refractivity contribution is -0.117. The number of amides is 1. The summed E-state index contributed by atoms with van der Waals surface area (Å²) in [6.45, 7) is -0.0867. The van der Waals surface area contributed by atoms with Gasteiger partial charge in [0.2, 0.25) is 5.91 Å². The van der Waals surface area contributed by atoms with Crippen molar-refractivity contribution in [2.45, 2.75) is 17.0 Å². The molecular formula is C13H15N3O2S. The predicted octanol–water partition coefficient (Wildman–Crippen LogP) is 1.23. The second kappa shape index (κ2) is 5.90. The van der Waals surface area contributed by atoms with Crippen LogP contribution in [0, 0.1) is 0 Å². The van der Waals surface area contributed by atoms with E-state index in [1.165, 1.54) is 11.8 Å². The van der Waals surface area contributed by atoms with E-state index >= 15 is 0 Å². The maximum absolute atomic E-state index is 11.6. The zero-order chi connectivity index (χ0) is 13.8. The Balaban J connectivity index is 2.27. The topological polar surface area (TPSA) is 81.1 Å². The normalized spacial score (nSPS) is 12.3. The number of hydrogen-bond donors (Lipinski definition) is 2. The maximum Gasteiger partial charge on any atom is 0.235 e. The fourth-order valence-corrected chi connectivity index (χ4v) is 2.71. The molecule has 0 aliphatic carbocycles. The standard InChI is InChI=1S/C13H15N3O2S/c1-16-10(8-17)7-15-13(16)19-11(12(14)18)9-5-3-2-4-6-9/h2-7,11,17H,8H2,1H3,(H2,14,18)/t11-/m1/s1. The van der Waals surface area contributed by atoms with Crippen LogP contribution in [-0.2, 0) is 18.4 Å². The molecule has 0 saturated carbocycles. The van der Waals surface area contributed by atoms with Crippen molar-refractivity contribution in [3.8, 4) is 0 Å². The maximum atomic E-state index is 11.6. The minimum atomic E-state index is -0.492. The van der Waals surface area contributed by atoms with Gasteiger partial charge in [0, 0.05) is 7.05 Å². The highest BCUT2D eigenvalue weighted by Gasteiger charge is 2.21. The summed E-state index contributed by atoms with van der Waals surface area (Å²) < 4.78 is 1.75. The molecule has 1 heterocycles. The summed E-state index contributed by atoms with van der Waals surface area (Å²) in [4.78, 5) is 15.8. The van der Waals surface area contributed by atoms with Gasteiger partial charge < -0.3 is 15.4 Å². The Kier molecular flexibility index (Phi) is 4.24. The third-order valence-corrected chi connectivity index (χ3v) is 4.12. The van der Waals surface area contributed by atoms with Crippen LogP contribution in [0.2, 0.25) is 0 Å². The van der Waals surface area contributed by atoms with Crippen molar-refractivity contribution in [1.82, 2.24) is 9.55 Å². The van der Waals surface area contributed by atoms with E-state index in [4.69, 9.17) is 10.8 Å². The zero-order valence-electron chi connectivity index (χ0n) is 10.5. The lowest BCUT2D eigenvalue weighted by Crippen LogP contribution is -2.19. The molecule has 5 nitrogen and oxygen atoms in total. The zero-order valence-corrected chi connectivity index (χ0v) is 11.3. The highest BCUT2D eigenvalue weighted by atomic mass is 32.2. The number of nitrogens with two attached hydrogens (primary N) is 1. The van der Waals surface area contributed by atoms with Gasteiger partial charge in [0.1, 0.15) is 5.25 Å². The number of rotatable bonds is 5. The smallest absolute Gasteiger partial charge is 0.235 e. The lowest BCUT2D eigenvalue weighted by atomic mass is 10.1. The van der Waals surface area contributed by atoms with E-state index in [1.54, 1.807) is 17.8 Å². The van der Waals surface area contributed by atoms with Gasteiger partial charge >= 0.3 is 0 Å². The largest absolute Gasteiger partial charge is 0.390 e. The summed E-state index contributed by atoms with van der Waals surface area (Å²) in [5.74, 6) is -0.412. The van der Waals surface area contributed by atoms with Gasteiger partial charge in [0.25, 0.3) is 0 Å². The van der Waals surface area contributed by atoms with E-state index in [2.05, 4.69) is 4.98 Å². The molecule has 0 fully saturated rings. The Morgan fingerprint density at radius 1 is 1.47 bits per heavy atom. The summed E-state index contributed by atoms with van der Waals surface area (Å²) in [6.07, 6.45) is 1.59. The molecule has 0 bridgehead atoms. The average molecular weight is 277 g/mol. The van der Waals surface area contributed by atoms with Gasteiger partial charge in [0.05, 0.1) is 18.5 Å². The number of aromatic nitrogens is 2. The number of primary amides is 1. The van der Waals surface area contributed by atoms with E-state index < -0.39 is 11.2 Å².